The SMILES string of the molecule is c1ccc(-c2ccc(N(c3ccc(-c4cccc5ccccc45)cc3)c3ccc(C4(c5ccccc5)c5ccccc5-c5ccccc54)c4oc5ccccc5c34)cc2)cc1. The van der Waals surface area contributed by atoms with Crippen molar-refractivity contribution in [1.29, 1.82) is 0 Å². The molecule has 0 atom stereocenters. The fourth-order valence-corrected chi connectivity index (χ4v) is 10.1. The van der Waals surface area contributed by atoms with Crippen LogP contribution >= 0.6 is 0 Å². The van der Waals surface area contributed by atoms with Crippen molar-refractivity contribution in [2.24, 2.45) is 0 Å². The van der Waals surface area contributed by atoms with Crippen LogP contribution in [0.3, 0.4) is 0 Å². The van der Waals surface area contributed by atoms with Gasteiger partial charge in [-0.1, -0.05) is 200 Å². The molecule has 0 aliphatic heterocycles. The van der Waals surface area contributed by atoms with E-state index in [1.807, 2.05) is 0 Å². The molecule has 0 unspecified atom stereocenters. The number of hydrogen-bond donors (Lipinski definition) is 0. The first kappa shape index (κ1) is 35.0. The van der Waals surface area contributed by atoms with E-state index in [0.717, 1.165) is 44.6 Å². The summed E-state index contributed by atoms with van der Waals surface area (Å²) in [6.07, 6.45) is 0. The molecule has 286 valence electrons. The minimum Gasteiger partial charge on any atom is -0.456 e. The monoisotopic (exact) mass is 777 g/mol. The lowest BCUT2D eigenvalue weighted by molar-refractivity contribution is 0.648. The second-order valence-corrected chi connectivity index (χ2v) is 16.0. The molecule has 12 rings (SSSR count). The smallest absolute Gasteiger partial charge is 0.142 e. The number of hydrogen-bond acceptors (Lipinski definition) is 2. The van der Waals surface area contributed by atoms with Crippen LogP contribution in [-0.2, 0) is 5.41 Å². The van der Waals surface area contributed by atoms with E-state index in [-0.39, 0.29) is 0 Å². The van der Waals surface area contributed by atoms with Gasteiger partial charge in [-0.15, -0.1) is 0 Å². The van der Waals surface area contributed by atoms with Gasteiger partial charge in [0.1, 0.15) is 11.2 Å². The van der Waals surface area contributed by atoms with Crippen molar-refractivity contribution < 1.29 is 4.42 Å². The molecule has 0 bridgehead atoms. The molecule has 0 saturated carbocycles. The summed E-state index contributed by atoms with van der Waals surface area (Å²) in [5.74, 6) is 0. The molecule has 0 amide bonds. The Morgan fingerprint density at radius 2 is 0.869 bits per heavy atom. The summed E-state index contributed by atoms with van der Waals surface area (Å²) in [4.78, 5) is 2.40. The van der Waals surface area contributed by atoms with Crippen LogP contribution in [0.15, 0.2) is 241 Å². The van der Waals surface area contributed by atoms with E-state index in [1.165, 1.54) is 60.8 Å². The second-order valence-electron chi connectivity index (χ2n) is 16.0. The molecule has 0 fully saturated rings. The molecule has 2 heteroatoms. The number of furan rings is 1. The van der Waals surface area contributed by atoms with E-state index in [1.54, 1.807) is 0 Å². The molecule has 1 aromatic heterocycles. The summed E-state index contributed by atoms with van der Waals surface area (Å²) in [6, 6.07) is 85.8. The number of fused-ring (bicyclic) bond motifs is 7. The number of benzene rings is 10. The minimum absolute atomic E-state index is 0.624. The Kier molecular flexibility index (Phi) is 8.11. The molecule has 2 nitrogen and oxygen atoms in total. The van der Waals surface area contributed by atoms with Gasteiger partial charge in [-0.25, -0.2) is 0 Å². The zero-order valence-corrected chi connectivity index (χ0v) is 33.4. The van der Waals surface area contributed by atoms with Crippen molar-refractivity contribution in [1.82, 2.24) is 0 Å². The highest BCUT2D eigenvalue weighted by Gasteiger charge is 2.47. The van der Waals surface area contributed by atoms with Crippen LogP contribution in [0.25, 0.3) is 66.1 Å². The fraction of sp³-hybridized carbons (Fsp3) is 0.0169. The van der Waals surface area contributed by atoms with Crippen molar-refractivity contribution in [3.8, 4) is 33.4 Å². The largest absolute Gasteiger partial charge is 0.456 e. The zero-order valence-electron chi connectivity index (χ0n) is 33.4. The van der Waals surface area contributed by atoms with Crippen LogP contribution in [0.5, 0.6) is 0 Å². The molecule has 61 heavy (non-hydrogen) atoms. The van der Waals surface area contributed by atoms with Gasteiger partial charge in [-0.3, -0.25) is 0 Å². The Bertz CT molecular complexity index is 3350. The average Bonchev–Trinajstić information content (AvgIpc) is 3.88. The number of anilines is 3. The molecule has 10 aromatic carbocycles. The summed E-state index contributed by atoms with van der Waals surface area (Å²) < 4.78 is 7.20. The maximum atomic E-state index is 7.20. The van der Waals surface area contributed by atoms with E-state index in [0.29, 0.717) is 0 Å². The van der Waals surface area contributed by atoms with Crippen molar-refractivity contribution >= 4 is 49.8 Å². The van der Waals surface area contributed by atoms with Crippen LogP contribution in [0.2, 0.25) is 0 Å². The molecule has 0 spiro atoms. The van der Waals surface area contributed by atoms with Crippen LogP contribution < -0.4 is 4.90 Å². The normalized spacial score (nSPS) is 12.7. The van der Waals surface area contributed by atoms with Crippen LogP contribution in [0.1, 0.15) is 22.3 Å². The number of nitrogens with zero attached hydrogens (tertiary/aromatic N) is 1. The van der Waals surface area contributed by atoms with Crippen LogP contribution in [-0.4, -0.2) is 0 Å². The van der Waals surface area contributed by atoms with Gasteiger partial charge in [0.05, 0.1) is 16.5 Å². The standard InChI is InChI=1S/C59H39NO/c1-3-16-40(17-4-1)41-30-34-45(35-31-41)60(46-36-32-43(33-37-46)48-26-15-19-42-18-7-8-22-47(42)48)55-39-38-54(58-57(55)51-25-11-14-29-56(51)61-58)59(44-20-5-2-6-21-44)52-27-12-9-23-49(52)50-24-10-13-28-53(50)59/h1-39H. The molecule has 0 saturated heterocycles. The topological polar surface area (TPSA) is 16.4 Å². The summed E-state index contributed by atoms with van der Waals surface area (Å²) >= 11 is 0. The lowest BCUT2D eigenvalue weighted by Gasteiger charge is -2.34. The Hall–Kier alpha value is -7.94. The molecule has 0 radical (unpaired) electrons. The molecule has 0 N–H and O–H groups in total. The third-order valence-corrected chi connectivity index (χ3v) is 12.8. The zero-order chi connectivity index (χ0) is 40.3. The maximum Gasteiger partial charge on any atom is 0.142 e. The van der Waals surface area contributed by atoms with Gasteiger partial charge >= 0.3 is 0 Å². The summed E-state index contributed by atoms with van der Waals surface area (Å²) in [5, 5.41) is 4.64. The van der Waals surface area contributed by atoms with Crippen molar-refractivity contribution in [2.45, 2.75) is 5.41 Å². The predicted molar refractivity (Wildman–Crippen MR) is 254 cm³/mol. The van der Waals surface area contributed by atoms with Gasteiger partial charge in [-0.05, 0) is 97.2 Å². The highest BCUT2D eigenvalue weighted by Crippen LogP contribution is 2.58. The summed E-state index contributed by atoms with van der Waals surface area (Å²) in [7, 11) is 0. The van der Waals surface area contributed by atoms with Crippen molar-refractivity contribution in [3.63, 3.8) is 0 Å². The molecular weight excluding hydrogens is 739 g/mol. The molecule has 1 aliphatic rings. The Balaban J connectivity index is 1.12. The minimum atomic E-state index is -0.624. The molecular formula is C59H39NO. The van der Waals surface area contributed by atoms with Crippen LogP contribution in [0, 0.1) is 0 Å². The first-order chi connectivity index (χ1) is 30.3. The van der Waals surface area contributed by atoms with Gasteiger partial charge in [-0.2, -0.15) is 0 Å². The number of para-hydroxylation sites is 1. The second kappa shape index (κ2) is 14.1. The average molecular weight is 778 g/mol. The van der Waals surface area contributed by atoms with E-state index in [4.69, 9.17) is 4.42 Å². The Labute approximate surface area is 355 Å². The maximum absolute atomic E-state index is 7.20. The van der Waals surface area contributed by atoms with Gasteiger partial charge in [0.2, 0.25) is 0 Å². The van der Waals surface area contributed by atoms with E-state index < -0.39 is 5.41 Å². The van der Waals surface area contributed by atoms with Gasteiger partial charge in [0.15, 0.2) is 0 Å². The highest BCUT2D eigenvalue weighted by molar-refractivity contribution is 6.15. The Morgan fingerprint density at radius 3 is 1.57 bits per heavy atom. The first-order valence-corrected chi connectivity index (χ1v) is 21.0. The fourth-order valence-electron chi connectivity index (χ4n) is 10.1. The first-order valence-electron chi connectivity index (χ1n) is 21.0. The van der Waals surface area contributed by atoms with Gasteiger partial charge < -0.3 is 9.32 Å². The lowest BCUT2D eigenvalue weighted by atomic mass is 9.67. The molecule has 11 aromatic rings. The lowest BCUT2D eigenvalue weighted by Crippen LogP contribution is -2.29. The van der Waals surface area contributed by atoms with Crippen molar-refractivity contribution in [2.75, 3.05) is 4.90 Å². The third kappa shape index (κ3) is 5.43. The summed E-state index contributed by atoms with van der Waals surface area (Å²) in [5.41, 5.74) is 16.4. The van der Waals surface area contributed by atoms with Crippen LogP contribution in [0.4, 0.5) is 17.1 Å². The quantitative estimate of drug-likeness (QED) is 0.160. The third-order valence-electron chi connectivity index (χ3n) is 12.8. The Morgan fingerprint density at radius 1 is 0.344 bits per heavy atom. The predicted octanol–water partition coefficient (Wildman–Crippen LogP) is 15.9. The van der Waals surface area contributed by atoms with Gasteiger partial charge in [0.25, 0.3) is 0 Å². The van der Waals surface area contributed by atoms with E-state index in [9.17, 15) is 0 Å². The molecule has 1 aliphatic carbocycles. The van der Waals surface area contributed by atoms with Crippen molar-refractivity contribution in [3.05, 3.63) is 259 Å². The van der Waals surface area contributed by atoms with E-state index >= 15 is 0 Å². The van der Waals surface area contributed by atoms with E-state index in [2.05, 4.69) is 241 Å². The number of rotatable bonds is 7. The summed E-state index contributed by atoms with van der Waals surface area (Å²) in [6.45, 7) is 0. The molecule has 1 heterocycles. The van der Waals surface area contributed by atoms with Gasteiger partial charge in [0, 0.05) is 22.3 Å². The highest BCUT2D eigenvalue weighted by atomic mass is 16.3.